The van der Waals surface area contributed by atoms with Gasteiger partial charge in [-0.05, 0) is 73.2 Å². The largest absolute Gasteiger partial charge is 0.458 e. The Kier molecular flexibility index (Phi) is 12.6. The fraction of sp³-hybridized carbons (Fsp3) is 0.432. The number of aryl methyl sites for hydroxylation is 1. The molecule has 0 saturated carbocycles. The SMILES string of the molecule is CCc1c2c(nc3ccc(OC(=O)N(C)CCN(C)C(=O)OCc4ccc(NC(=O)[C@H](C)NC(=O)[C@@H](C)C(C)C)cc4)cc13)-c1cc3c(c(=O)n1C2)COC(=O)[C@]3(O)CC. The summed E-state index contributed by atoms with van der Waals surface area (Å²) >= 11 is 0. The van der Waals surface area contributed by atoms with Crippen molar-refractivity contribution in [1.82, 2.24) is 24.7 Å². The number of hydrogen-bond donors (Lipinski definition) is 3. The fourth-order valence-corrected chi connectivity index (χ4v) is 7.17. The molecule has 0 aliphatic carbocycles. The summed E-state index contributed by atoms with van der Waals surface area (Å²) in [5, 5.41) is 17.5. The Morgan fingerprint density at radius 2 is 1.62 bits per heavy atom. The van der Waals surface area contributed by atoms with Gasteiger partial charge in [-0.3, -0.25) is 14.4 Å². The van der Waals surface area contributed by atoms with Crippen LogP contribution in [-0.4, -0.2) is 87.7 Å². The Morgan fingerprint density at radius 1 is 0.933 bits per heavy atom. The first-order valence-electron chi connectivity index (χ1n) is 20.1. The third kappa shape index (κ3) is 8.55. The van der Waals surface area contributed by atoms with E-state index in [1.54, 1.807) is 81.0 Å². The van der Waals surface area contributed by atoms with Crippen molar-refractivity contribution in [1.29, 1.82) is 0 Å². The van der Waals surface area contributed by atoms with E-state index in [0.29, 0.717) is 40.3 Å². The number of likely N-dealkylation sites (N-methyl/N-ethyl adjacent to an activating group) is 2. The molecule has 318 valence electrons. The predicted octanol–water partition coefficient (Wildman–Crippen LogP) is 5.08. The van der Waals surface area contributed by atoms with E-state index in [1.165, 1.54) is 9.80 Å². The smallest absolute Gasteiger partial charge is 0.415 e. The van der Waals surface area contributed by atoms with Crippen molar-refractivity contribution in [3.05, 3.63) is 86.7 Å². The number of amides is 4. The van der Waals surface area contributed by atoms with E-state index < -0.39 is 29.8 Å². The number of fused-ring (bicyclic) bond motifs is 5. The normalized spacial score (nSPS) is 16.2. The minimum absolute atomic E-state index is 0.0162. The molecule has 0 fully saturated rings. The van der Waals surface area contributed by atoms with Gasteiger partial charge in [0.2, 0.25) is 11.8 Å². The molecule has 0 saturated heterocycles. The van der Waals surface area contributed by atoms with Crippen LogP contribution in [0.4, 0.5) is 15.3 Å². The number of rotatable bonds is 13. The van der Waals surface area contributed by atoms with E-state index >= 15 is 0 Å². The lowest BCUT2D eigenvalue weighted by Gasteiger charge is -2.31. The van der Waals surface area contributed by atoms with Crippen molar-refractivity contribution in [2.75, 3.05) is 32.5 Å². The fourth-order valence-electron chi connectivity index (χ4n) is 7.17. The van der Waals surface area contributed by atoms with E-state index in [4.69, 9.17) is 19.2 Å². The Hall–Kier alpha value is -6.29. The lowest BCUT2D eigenvalue weighted by molar-refractivity contribution is -0.172. The van der Waals surface area contributed by atoms with Gasteiger partial charge in [0, 0.05) is 55.3 Å². The topological polar surface area (TPSA) is 199 Å². The minimum Gasteiger partial charge on any atom is -0.458 e. The van der Waals surface area contributed by atoms with Crippen molar-refractivity contribution in [2.45, 2.75) is 85.8 Å². The van der Waals surface area contributed by atoms with Crippen LogP contribution in [0.1, 0.15) is 75.8 Å². The van der Waals surface area contributed by atoms with Crippen LogP contribution in [0.5, 0.6) is 5.75 Å². The summed E-state index contributed by atoms with van der Waals surface area (Å²) in [4.78, 5) is 84.6. The van der Waals surface area contributed by atoms with Crippen LogP contribution >= 0.6 is 0 Å². The predicted molar refractivity (Wildman–Crippen MR) is 222 cm³/mol. The molecule has 60 heavy (non-hydrogen) atoms. The third-order valence-electron chi connectivity index (χ3n) is 11.5. The number of benzene rings is 2. The number of esters is 1. The molecule has 2 aliphatic rings. The second-order valence-corrected chi connectivity index (χ2v) is 15.8. The highest BCUT2D eigenvalue weighted by atomic mass is 16.6. The van der Waals surface area contributed by atoms with Crippen molar-refractivity contribution in [3.63, 3.8) is 0 Å². The van der Waals surface area contributed by atoms with Crippen LogP contribution in [0.25, 0.3) is 22.3 Å². The van der Waals surface area contributed by atoms with Gasteiger partial charge in [-0.15, -0.1) is 0 Å². The Labute approximate surface area is 347 Å². The number of hydrogen-bond acceptors (Lipinski definition) is 11. The number of anilines is 1. The van der Waals surface area contributed by atoms with Gasteiger partial charge in [0.05, 0.1) is 29.0 Å². The number of cyclic esters (lactones) is 1. The third-order valence-corrected chi connectivity index (χ3v) is 11.5. The maximum atomic E-state index is 13.7. The summed E-state index contributed by atoms with van der Waals surface area (Å²) in [7, 11) is 3.12. The quantitative estimate of drug-likeness (QED) is 0.134. The maximum absolute atomic E-state index is 13.7. The molecule has 4 aromatic rings. The number of ether oxygens (including phenoxy) is 3. The number of aromatic nitrogens is 2. The highest BCUT2D eigenvalue weighted by Gasteiger charge is 2.45. The number of carbonyl (C=O) groups excluding carboxylic acids is 5. The van der Waals surface area contributed by atoms with Gasteiger partial charge in [0.25, 0.3) is 5.56 Å². The lowest BCUT2D eigenvalue weighted by Crippen LogP contribution is -2.44. The van der Waals surface area contributed by atoms with Crippen molar-refractivity contribution >= 4 is 46.6 Å². The first-order chi connectivity index (χ1) is 28.5. The Morgan fingerprint density at radius 3 is 2.27 bits per heavy atom. The Balaban J connectivity index is 1.02. The Bertz CT molecular complexity index is 2410. The molecule has 2 aliphatic heterocycles. The van der Waals surface area contributed by atoms with E-state index in [9.17, 15) is 33.9 Å². The van der Waals surface area contributed by atoms with Gasteiger partial charge in [0.1, 0.15) is 25.0 Å². The van der Waals surface area contributed by atoms with Crippen molar-refractivity contribution in [3.8, 4) is 17.1 Å². The average Bonchev–Trinajstić information content (AvgIpc) is 3.60. The van der Waals surface area contributed by atoms with Gasteiger partial charge >= 0.3 is 18.2 Å². The second kappa shape index (κ2) is 17.5. The molecule has 6 rings (SSSR count). The van der Waals surface area contributed by atoms with E-state index in [2.05, 4.69) is 10.6 Å². The zero-order chi connectivity index (χ0) is 43.6. The molecule has 3 N–H and O–H groups in total. The summed E-state index contributed by atoms with van der Waals surface area (Å²) < 4.78 is 18.0. The molecule has 2 aromatic carbocycles. The summed E-state index contributed by atoms with van der Waals surface area (Å²) in [5.74, 6) is -1.10. The monoisotopic (exact) mass is 824 g/mol. The molecule has 16 heteroatoms. The minimum atomic E-state index is -1.92. The summed E-state index contributed by atoms with van der Waals surface area (Å²) in [6.07, 6.45) is -0.594. The van der Waals surface area contributed by atoms with Crippen LogP contribution in [0.3, 0.4) is 0 Å². The zero-order valence-corrected chi connectivity index (χ0v) is 35.2. The van der Waals surface area contributed by atoms with Gasteiger partial charge in [-0.25, -0.2) is 19.4 Å². The van der Waals surface area contributed by atoms with Gasteiger partial charge in [-0.1, -0.05) is 46.8 Å². The summed E-state index contributed by atoms with van der Waals surface area (Å²) in [6, 6.07) is 12.9. The molecule has 0 unspecified atom stereocenters. The van der Waals surface area contributed by atoms with Gasteiger partial charge in [0.15, 0.2) is 5.60 Å². The molecule has 4 heterocycles. The first kappa shape index (κ1) is 43.3. The summed E-state index contributed by atoms with van der Waals surface area (Å²) in [6.45, 7) is 11.3. The van der Waals surface area contributed by atoms with Crippen molar-refractivity contribution < 1.29 is 43.3 Å². The van der Waals surface area contributed by atoms with E-state index in [-0.39, 0.29) is 79.6 Å². The van der Waals surface area contributed by atoms with Crippen molar-refractivity contribution in [2.24, 2.45) is 11.8 Å². The molecule has 2 aromatic heterocycles. The molecule has 4 amide bonds. The molecular weight excluding hydrogens is 773 g/mol. The van der Waals surface area contributed by atoms with E-state index in [0.717, 1.165) is 16.5 Å². The van der Waals surface area contributed by atoms with Gasteiger partial charge in [-0.2, -0.15) is 0 Å². The highest BCUT2D eigenvalue weighted by Crippen LogP contribution is 2.41. The van der Waals surface area contributed by atoms with Gasteiger partial charge < -0.3 is 44.3 Å². The van der Waals surface area contributed by atoms with Crippen LogP contribution in [-0.2, 0) is 55.6 Å². The molecular formula is C44H52N6O10. The number of nitrogens with zero attached hydrogens (tertiary/aromatic N) is 4. The second-order valence-electron chi connectivity index (χ2n) is 15.8. The number of pyridine rings is 2. The van der Waals surface area contributed by atoms with E-state index in [1.807, 2.05) is 27.7 Å². The standard InChI is InChI=1S/C44H52N6O10/c1-9-30-31-19-29(15-16-35(31)47-37-32(30)21-50-36(37)20-34-33(40(50)53)23-58-41(54)44(34,57)10-2)60-43(56)49(8)18-17-48(7)42(55)59-22-27-11-13-28(14-12-27)46-39(52)26(6)45-38(51)25(5)24(3)4/h11-16,19-20,24-26,57H,9-10,17-18,21-23H2,1-8H3,(H,45,51)(H,46,52)/t25-,26-,44-/m0/s1. The average molecular weight is 825 g/mol. The highest BCUT2D eigenvalue weighted by molar-refractivity contribution is 5.97. The molecule has 0 bridgehead atoms. The van der Waals surface area contributed by atoms with Crippen LogP contribution in [0.2, 0.25) is 0 Å². The molecule has 16 nitrogen and oxygen atoms in total. The van der Waals surface area contributed by atoms with Crippen LogP contribution in [0.15, 0.2) is 53.3 Å². The molecule has 0 radical (unpaired) electrons. The summed E-state index contributed by atoms with van der Waals surface area (Å²) in [5.41, 5.74) is 2.93. The molecule has 0 spiro atoms. The molecule has 3 atom stereocenters. The zero-order valence-electron chi connectivity index (χ0n) is 35.2. The first-order valence-corrected chi connectivity index (χ1v) is 20.1. The van der Waals surface area contributed by atoms with Crippen LogP contribution in [0, 0.1) is 11.8 Å². The number of aliphatic hydroxyl groups is 1. The number of nitrogens with one attached hydrogen (secondary N) is 2. The van der Waals surface area contributed by atoms with Crippen LogP contribution < -0.4 is 20.9 Å². The lowest BCUT2D eigenvalue weighted by atomic mass is 9.86. The maximum Gasteiger partial charge on any atom is 0.415 e. The number of carbonyl (C=O) groups is 5.